The molecule has 280 valence electrons. The molecule has 0 saturated heterocycles. The highest BCUT2D eigenvalue weighted by molar-refractivity contribution is 6.11. The summed E-state index contributed by atoms with van der Waals surface area (Å²) < 4.78 is 2.42. The fourth-order valence-electron chi connectivity index (χ4n) is 12.1. The molecule has 0 saturated carbocycles. The summed E-state index contributed by atoms with van der Waals surface area (Å²) >= 11 is 0. The molecule has 0 bridgehead atoms. The van der Waals surface area contributed by atoms with E-state index >= 15 is 0 Å². The molecule has 3 heterocycles. The van der Waals surface area contributed by atoms with Crippen molar-refractivity contribution in [1.29, 1.82) is 0 Å². The van der Waals surface area contributed by atoms with Crippen molar-refractivity contribution < 1.29 is 0 Å². The molecule has 10 aromatic rings. The lowest BCUT2D eigenvalue weighted by Gasteiger charge is -2.49. The Bertz CT molecular complexity index is 3520. The molecular formula is C58H38N2. The second kappa shape index (κ2) is 11.2. The smallest absolute Gasteiger partial charge is 0.0556 e. The number of fused-ring (bicyclic) bond motifs is 14. The number of hydrogen-bond acceptors (Lipinski definition) is 1. The summed E-state index contributed by atoms with van der Waals surface area (Å²) in [6.45, 7) is 4.97. The van der Waals surface area contributed by atoms with Crippen LogP contribution in [0.1, 0.15) is 47.2 Å². The molecule has 0 amide bonds. The molecule has 2 nitrogen and oxygen atoms in total. The van der Waals surface area contributed by atoms with Crippen LogP contribution in [0.15, 0.2) is 194 Å². The molecule has 0 fully saturated rings. The minimum absolute atomic E-state index is 0.255. The highest BCUT2D eigenvalue weighted by atomic mass is 15.2. The second-order valence-electron chi connectivity index (χ2n) is 17.5. The van der Waals surface area contributed by atoms with Gasteiger partial charge >= 0.3 is 0 Å². The van der Waals surface area contributed by atoms with Crippen LogP contribution in [0, 0.1) is 0 Å². The quantitative estimate of drug-likeness (QED) is 0.174. The molecule has 0 radical (unpaired) electrons. The average molecular weight is 763 g/mol. The first-order valence-electron chi connectivity index (χ1n) is 21.2. The van der Waals surface area contributed by atoms with Crippen LogP contribution >= 0.6 is 0 Å². The fourth-order valence-corrected chi connectivity index (χ4v) is 12.1. The lowest BCUT2D eigenvalue weighted by molar-refractivity contribution is 0.664. The van der Waals surface area contributed by atoms with Crippen LogP contribution in [-0.4, -0.2) is 4.57 Å². The predicted octanol–water partition coefficient (Wildman–Crippen LogP) is 14.9. The molecule has 4 aliphatic rings. The first-order valence-corrected chi connectivity index (χ1v) is 21.2. The van der Waals surface area contributed by atoms with Gasteiger partial charge in [-0.15, -0.1) is 0 Å². The lowest BCUT2D eigenvalue weighted by Crippen LogP contribution is -2.39. The highest BCUT2D eigenvalue weighted by Gasteiger charge is 2.55. The lowest BCUT2D eigenvalue weighted by atomic mass is 9.64. The monoisotopic (exact) mass is 762 g/mol. The predicted molar refractivity (Wildman–Crippen MR) is 248 cm³/mol. The van der Waals surface area contributed by atoms with Crippen LogP contribution in [0.5, 0.6) is 0 Å². The van der Waals surface area contributed by atoms with Gasteiger partial charge in [0.1, 0.15) is 0 Å². The Hall–Kier alpha value is -7.42. The molecule has 2 unspecified atom stereocenters. The topological polar surface area (TPSA) is 8.17 Å². The van der Waals surface area contributed by atoms with Crippen LogP contribution in [0.4, 0.5) is 17.1 Å². The van der Waals surface area contributed by atoms with E-state index in [1.165, 1.54) is 117 Å². The number of hydrogen-bond donors (Lipinski definition) is 0. The van der Waals surface area contributed by atoms with Crippen LogP contribution in [0.25, 0.3) is 72.0 Å². The van der Waals surface area contributed by atoms with Crippen LogP contribution in [0.2, 0.25) is 0 Å². The number of rotatable bonds is 3. The summed E-state index contributed by atoms with van der Waals surface area (Å²) in [6.07, 6.45) is 0. The Labute approximate surface area is 349 Å². The van der Waals surface area contributed by atoms with Crippen molar-refractivity contribution in [3.05, 3.63) is 228 Å². The first-order chi connectivity index (χ1) is 29.5. The van der Waals surface area contributed by atoms with Gasteiger partial charge in [0.05, 0.1) is 28.1 Å². The van der Waals surface area contributed by atoms with Crippen molar-refractivity contribution in [3.63, 3.8) is 0 Å². The van der Waals surface area contributed by atoms with E-state index in [1.807, 2.05) is 0 Å². The van der Waals surface area contributed by atoms with Crippen molar-refractivity contribution in [2.75, 3.05) is 4.90 Å². The largest absolute Gasteiger partial charge is 0.309 e. The molecule has 14 rings (SSSR count). The van der Waals surface area contributed by atoms with Crippen molar-refractivity contribution in [3.8, 4) is 50.2 Å². The minimum atomic E-state index is -0.339. The summed E-state index contributed by atoms with van der Waals surface area (Å²) in [7, 11) is 0. The number of nitrogens with zero attached hydrogens (tertiary/aromatic N) is 2. The van der Waals surface area contributed by atoms with Crippen LogP contribution in [0.3, 0.4) is 0 Å². The molecule has 2 atom stereocenters. The minimum Gasteiger partial charge on any atom is -0.309 e. The van der Waals surface area contributed by atoms with Gasteiger partial charge in [-0.2, -0.15) is 0 Å². The Morgan fingerprint density at radius 3 is 1.75 bits per heavy atom. The van der Waals surface area contributed by atoms with Gasteiger partial charge in [0.15, 0.2) is 0 Å². The maximum Gasteiger partial charge on any atom is 0.0556 e. The van der Waals surface area contributed by atoms with Crippen molar-refractivity contribution in [2.45, 2.75) is 24.7 Å². The summed E-state index contributed by atoms with van der Waals surface area (Å²) in [5, 5.41) is 2.52. The molecule has 2 heteroatoms. The third-order valence-electron chi connectivity index (χ3n) is 14.8. The number of para-hydroxylation sites is 1. The zero-order valence-corrected chi connectivity index (χ0v) is 33.4. The van der Waals surface area contributed by atoms with Gasteiger partial charge in [-0.3, -0.25) is 0 Å². The van der Waals surface area contributed by atoms with Crippen LogP contribution in [-0.2, 0) is 10.8 Å². The molecule has 60 heavy (non-hydrogen) atoms. The fraction of sp³-hybridized carbons (Fsp3) is 0.0690. The third-order valence-corrected chi connectivity index (χ3v) is 14.8. The normalized spacial score (nSPS) is 18.3. The summed E-state index contributed by atoms with van der Waals surface area (Å²) in [6, 6.07) is 73.0. The van der Waals surface area contributed by atoms with E-state index in [4.69, 9.17) is 0 Å². The molecule has 2 aliphatic heterocycles. The van der Waals surface area contributed by atoms with Crippen molar-refractivity contribution in [2.24, 2.45) is 0 Å². The standard InChI is InChI=1S/C58H38N2/c1-57-46-19-9-6-15-40(46)43-18-12-22-53(54(43)57)60-52-32-26-38(34-49(52)58(2)47-20-10-7-16-41(47)44-29-30-48(57)56(60)55(44)58)37-25-31-51-45(33-37)42-17-8-11-21-50(42)59(51)39-27-23-36(24-28-39)35-13-4-3-5-14-35/h3-34H,1-2H3. The SMILES string of the molecule is CC12c3ccccc3-c3cccc(c31)N1c3ccc(-c4ccc5c(c4)c4ccccc4n5-c4ccc(-c5ccccc5)cc4)cc3C3(C)c4ccccc4-c4ccc2c1c43. The number of benzene rings is 9. The number of anilines is 3. The zero-order valence-electron chi connectivity index (χ0n) is 33.4. The Morgan fingerprint density at radius 2 is 0.950 bits per heavy atom. The van der Waals surface area contributed by atoms with Gasteiger partial charge < -0.3 is 9.47 Å². The Kier molecular flexibility index (Phi) is 6.07. The van der Waals surface area contributed by atoms with E-state index in [0.717, 1.165) is 5.69 Å². The van der Waals surface area contributed by atoms with Gasteiger partial charge in [-0.25, -0.2) is 0 Å². The van der Waals surface area contributed by atoms with Crippen molar-refractivity contribution in [1.82, 2.24) is 4.57 Å². The Morgan fingerprint density at radius 1 is 0.350 bits per heavy atom. The number of aromatic nitrogens is 1. The molecule has 2 aliphatic carbocycles. The van der Waals surface area contributed by atoms with Gasteiger partial charge in [0, 0.05) is 27.3 Å². The highest BCUT2D eigenvalue weighted by Crippen LogP contribution is 2.70. The van der Waals surface area contributed by atoms with E-state index in [2.05, 4.69) is 217 Å². The second-order valence-corrected chi connectivity index (χ2v) is 17.5. The zero-order chi connectivity index (χ0) is 39.5. The first kappa shape index (κ1) is 32.5. The van der Waals surface area contributed by atoms with E-state index in [-0.39, 0.29) is 10.8 Å². The summed E-state index contributed by atoms with van der Waals surface area (Å²) in [5.74, 6) is 0. The Balaban J connectivity index is 0.981. The van der Waals surface area contributed by atoms with Gasteiger partial charge in [0.2, 0.25) is 0 Å². The van der Waals surface area contributed by atoms with Crippen LogP contribution < -0.4 is 4.90 Å². The van der Waals surface area contributed by atoms with E-state index < -0.39 is 0 Å². The molecule has 0 spiro atoms. The maximum absolute atomic E-state index is 2.63. The summed E-state index contributed by atoms with van der Waals surface area (Å²) in [5.41, 5.74) is 25.7. The van der Waals surface area contributed by atoms with E-state index in [9.17, 15) is 0 Å². The summed E-state index contributed by atoms with van der Waals surface area (Å²) in [4.78, 5) is 2.63. The average Bonchev–Trinajstić information content (AvgIpc) is 3.89. The molecule has 1 aromatic heterocycles. The van der Waals surface area contributed by atoms with Gasteiger partial charge in [-0.05, 0) is 140 Å². The maximum atomic E-state index is 2.63. The van der Waals surface area contributed by atoms with Crippen molar-refractivity contribution >= 4 is 38.9 Å². The van der Waals surface area contributed by atoms with E-state index in [0.29, 0.717) is 0 Å². The van der Waals surface area contributed by atoms with E-state index in [1.54, 1.807) is 0 Å². The third kappa shape index (κ3) is 3.81. The van der Waals surface area contributed by atoms with Gasteiger partial charge in [0.25, 0.3) is 0 Å². The molecule has 9 aromatic carbocycles. The van der Waals surface area contributed by atoms with Gasteiger partial charge in [-0.1, -0.05) is 146 Å². The molecular weight excluding hydrogens is 725 g/mol. The molecule has 0 N–H and O–H groups in total.